The molecule has 1 aromatic carbocycles. The van der Waals surface area contributed by atoms with Crippen molar-refractivity contribution in [2.75, 3.05) is 24.5 Å². The molecule has 1 aromatic heterocycles. The number of rotatable bonds is 4. The molecular weight excluding hydrogens is 399 g/mol. The average molecular weight is 426 g/mol. The lowest BCUT2D eigenvalue weighted by molar-refractivity contribution is 0.0695. The first-order valence-electron chi connectivity index (χ1n) is 10.6. The van der Waals surface area contributed by atoms with Crippen molar-refractivity contribution in [2.24, 2.45) is 5.73 Å². The molecule has 0 bridgehead atoms. The number of halogens is 1. The monoisotopic (exact) mass is 426 g/mol. The topological polar surface area (TPSA) is 112 Å². The lowest BCUT2D eigenvalue weighted by atomic mass is 9.97. The summed E-state index contributed by atoms with van der Waals surface area (Å²) in [5.41, 5.74) is 7.15. The molecule has 1 aliphatic heterocycles. The molecule has 0 atom stereocenters. The Balaban J connectivity index is 0.00000132. The zero-order chi connectivity index (χ0) is 22.7. The number of anilines is 1. The first kappa shape index (κ1) is 22.5. The van der Waals surface area contributed by atoms with Crippen molar-refractivity contribution in [1.82, 2.24) is 4.57 Å². The normalized spacial score (nSPS) is 15.8. The number of carbonyl (C=O) groups is 1. The van der Waals surface area contributed by atoms with E-state index in [0.29, 0.717) is 42.7 Å². The van der Waals surface area contributed by atoms with Crippen LogP contribution in [0, 0.1) is 17.1 Å². The fourth-order valence-corrected chi connectivity index (χ4v) is 4.00. The van der Waals surface area contributed by atoms with Gasteiger partial charge in [0, 0.05) is 42.8 Å². The van der Waals surface area contributed by atoms with E-state index in [1.165, 1.54) is 6.20 Å². The molecule has 2 heterocycles. The van der Waals surface area contributed by atoms with Gasteiger partial charge in [-0.05, 0) is 37.8 Å². The van der Waals surface area contributed by atoms with Crippen LogP contribution in [-0.2, 0) is 0 Å². The fraction of sp³-hybridized carbons (Fsp3) is 0.435. The summed E-state index contributed by atoms with van der Waals surface area (Å²) in [7, 11) is 0. The van der Waals surface area contributed by atoms with Gasteiger partial charge in [-0.2, -0.15) is 5.26 Å². The zero-order valence-corrected chi connectivity index (χ0v) is 17.8. The lowest BCUT2D eigenvalue weighted by Crippen LogP contribution is -2.32. The average Bonchev–Trinajstić information content (AvgIpc) is 3.62. The standard InChI is InChI=1S/C21H21FN4O3.C2H6/c22-17-7-15-18(26(14-1-2-14)11-16(20(15)27)21(28)29)8-19(17)25-5-3-12(4-6-25)13(9-23)10-24;1-2/h7-8,11,14H,1-6,9,23H2,(H,28,29);1-2H3. The SMILES string of the molecule is CC.N#CC(CN)=C1CCN(c2cc3c(cc2F)c(=O)c(C(=O)O)cn3C2CC2)CC1. The van der Waals surface area contributed by atoms with Crippen LogP contribution in [0.3, 0.4) is 0 Å². The van der Waals surface area contributed by atoms with Crippen LogP contribution in [0.25, 0.3) is 10.9 Å². The van der Waals surface area contributed by atoms with Crippen molar-refractivity contribution < 1.29 is 14.3 Å². The van der Waals surface area contributed by atoms with Gasteiger partial charge in [-0.15, -0.1) is 0 Å². The van der Waals surface area contributed by atoms with E-state index in [9.17, 15) is 19.1 Å². The maximum absolute atomic E-state index is 14.9. The van der Waals surface area contributed by atoms with E-state index in [1.807, 2.05) is 18.7 Å². The molecule has 8 heteroatoms. The van der Waals surface area contributed by atoms with Gasteiger partial charge in [0.25, 0.3) is 0 Å². The molecule has 1 saturated heterocycles. The highest BCUT2D eigenvalue weighted by atomic mass is 19.1. The maximum Gasteiger partial charge on any atom is 0.341 e. The Kier molecular flexibility index (Phi) is 6.76. The third-order valence-electron chi connectivity index (χ3n) is 5.74. The number of benzene rings is 1. The largest absolute Gasteiger partial charge is 0.477 e. The van der Waals surface area contributed by atoms with E-state index in [-0.39, 0.29) is 23.5 Å². The maximum atomic E-state index is 14.9. The summed E-state index contributed by atoms with van der Waals surface area (Å²) < 4.78 is 16.7. The number of nitrogens with two attached hydrogens (primary N) is 1. The quantitative estimate of drug-likeness (QED) is 0.723. The number of hydrogen-bond acceptors (Lipinski definition) is 5. The molecular formula is C23H27FN4O3. The summed E-state index contributed by atoms with van der Waals surface area (Å²) in [5, 5.41) is 18.6. The first-order chi connectivity index (χ1) is 14.9. The van der Waals surface area contributed by atoms with Gasteiger partial charge in [0.05, 0.1) is 17.3 Å². The molecule has 0 amide bonds. The molecule has 2 fully saturated rings. The summed E-state index contributed by atoms with van der Waals surface area (Å²) in [6, 6.07) is 5.08. The lowest BCUT2D eigenvalue weighted by Gasteiger charge is -2.31. The molecule has 7 nitrogen and oxygen atoms in total. The number of nitriles is 1. The third kappa shape index (κ3) is 4.32. The Bertz CT molecular complexity index is 1130. The predicted octanol–water partition coefficient (Wildman–Crippen LogP) is 3.58. The second-order valence-electron chi connectivity index (χ2n) is 7.52. The number of piperidine rings is 1. The van der Waals surface area contributed by atoms with Gasteiger partial charge in [-0.3, -0.25) is 4.79 Å². The molecule has 2 aromatic rings. The zero-order valence-electron chi connectivity index (χ0n) is 17.8. The van der Waals surface area contributed by atoms with Gasteiger partial charge in [0.2, 0.25) is 5.43 Å². The van der Waals surface area contributed by atoms with Gasteiger partial charge in [0.1, 0.15) is 11.4 Å². The van der Waals surface area contributed by atoms with E-state index < -0.39 is 17.2 Å². The molecule has 3 N–H and O–H groups in total. The first-order valence-corrected chi connectivity index (χ1v) is 10.6. The van der Waals surface area contributed by atoms with Crippen molar-refractivity contribution in [3.05, 3.63) is 51.1 Å². The minimum atomic E-state index is -1.31. The van der Waals surface area contributed by atoms with Crippen molar-refractivity contribution in [1.29, 1.82) is 5.26 Å². The smallest absolute Gasteiger partial charge is 0.341 e. The highest BCUT2D eigenvalue weighted by molar-refractivity contribution is 5.93. The Morgan fingerprint density at radius 2 is 1.94 bits per heavy atom. The summed E-state index contributed by atoms with van der Waals surface area (Å²) in [5.74, 6) is -1.86. The van der Waals surface area contributed by atoms with Crippen molar-refractivity contribution in [3.8, 4) is 6.07 Å². The molecule has 164 valence electrons. The molecule has 0 radical (unpaired) electrons. The van der Waals surface area contributed by atoms with Crippen molar-refractivity contribution in [3.63, 3.8) is 0 Å². The molecule has 4 rings (SSSR count). The second kappa shape index (κ2) is 9.31. The van der Waals surface area contributed by atoms with E-state index in [1.54, 1.807) is 10.6 Å². The van der Waals surface area contributed by atoms with E-state index in [0.717, 1.165) is 24.5 Å². The fourth-order valence-electron chi connectivity index (χ4n) is 4.00. The highest BCUT2D eigenvalue weighted by Crippen LogP contribution is 2.38. The second-order valence-corrected chi connectivity index (χ2v) is 7.52. The summed E-state index contributed by atoms with van der Waals surface area (Å²) in [4.78, 5) is 25.9. The third-order valence-corrected chi connectivity index (χ3v) is 5.74. The van der Waals surface area contributed by atoms with Crippen molar-refractivity contribution >= 4 is 22.6 Å². The number of aromatic nitrogens is 1. The number of fused-ring (bicyclic) bond motifs is 1. The number of carboxylic acid groups (broad SMARTS) is 1. The molecule has 31 heavy (non-hydrogen) atoms. The van der Waals surface area contributed by atoms with Gasteiger partial charge < -0.3 is 20.3 Å². The Morgan fingerprint density at radius 3 is 2.45 bits per heavy atom. The van der Waals surface area contributed by atoms with Gasteiger partial charge >= 0.3 is 5.97 Å². The van der Waals surface area contributed by atoms with Crippen LogP contribution in [0.5, 0.6) is 0 Å². The van der Waals surface area contributed by atoms with Gasteiger partial charge in [0.15, 0.2) is 0 Å². The minimum Gasteiger partial charge on any atom is -0.477 e. The predicted molar refractivity (Wildman–Crippen MR) is 118 cm³/mol. The summed E-state index contributed by atoms with van der Waals surface area (Å²) in [6.07, 6.45) is 4.44. The van der Waals surface area contributed by atoms with Crippen LogP contribution in [-0.4, -0.2) is 35.3 Å². The Morgan fingerprint density at radius 1 is 1.29 bits per heavy atom. The Hall–Kier alpha value is -3.18. The molecule has 2 aliphatic rings. The highest BCUT2D eigenvalue weighted by Gasteiger charge is 2.28. The minimum absolute atomic E-state index is 0.0885. The van der Waals surface area contributed by atoms with Crippen LogP contribution in [0.15, 0.2) is 34.3 Å². The summed E-state index contributed by atoms with van der Waals surface area (Å²) in [6.45, 7) is 5.30. The summed E-state index contributed by atoms with van der Waals surface area (Å²) >= 11 is 0. The number of aromatic carboxylic acids is 1. The number of hydrogen-bond donors (Lipinski definition) is 2. The van der Waals surface area contributed by atoms with E-state index in [4.69, 9.17) is 11.0 Å². The molecule has 1 aliphatic carbocycles. The van der Waals surface area contributed by atoms with Crippen molar-refractivity contribution in [2.45, 2.75) is 45.6 Å². The van der Waals surface area contributed by atoms with Crippen LogP contribution in [0.1, 0.15) is 55.9 Å². The van der Waals surface area contributed by atoms with Crippen LogP contribution in [0.2, 0.25) is 0 Å². The number of nitrogens with zero attached hydrogens (tertiary/aromatic N) is 3. The van der Waals surface area contributed by atoms with Crippen LogP contribution >= 0.6 is 0 Å². The molecule has 1 saturated carbocycles. The number of pyridine rings is 1. The molecule has 0 spiro atoms. The van der Waals surface area contributed by atoms with Gasteiger partial charge in [-0.1, -0.05) is 19.4 Å². The van der Waals surface area contributed by atoms with E-state index in [2.05, 4.69) is 6.07 Å². The number of carboxylic acids is 1. The van der Waals surface area contributed by atoms with Gasteiger partial charge in [-0.25, -0.2) is 9.18 Å². The van der Waals surface area contributed by atoms with Crippen LogP contribution in [0.4, 0.5) is 10.1 Å². The molecule has 0 unspecified atom stereocenters. The van der Waals surface area contributed by atoms with Crippen LogP contribution < -0.4 is 16.1 Å². The Labute approximate surface area is 180 Å². The van der Waals surface area contributed by atoms with E-state index >= 15 is 0 Å².